The van der Waals surface area contributed by atoms with Crippen LogP contribution in [0.15, 0.2) is 39.8 Å². The molecular weight excluding hydrogens is 406 g/mol. The van der Waals surface area contributed by atoms with E-state index in [0.29, 0.717) is 25.2 Å². The van der Waals surface area contributed by atoms with Crippen molar-refractivity contribution in [1.29, 1.82) is 0 Å². The van der Waals surface area contributed by atoms with E-state index in [1.165, 1.54) is 28.6 Å². The van der Waals surface area contributed by atoms with Crippen LogP contribution >= 0.6 is 11.6 Å². The van der Waals surface area contributed by atoms with Gasteiger partial charge in [-0.15, -0.1) is 0 Å². The van der Waals surface area contributed by atoms with E-state index < -0.39 is 15.9 Å². The first-order valence-corrected chi connectivity index (χ1v) is 10.6. The van der Waals surface area contributed by atoms with Gasteiger partial charge in [-0.25, -0.2) is 8.42 Å². The Bertz CT molecular complexity index is 996. The molecule has 28 heavy (non-hydrogen) atoms. The number of sulfonamides is 1. The maximum Gasteiger partial charge on any atom is 0.291 e. The Balaban J connectivity index is 1.76. The molecular formula is C18H20ClN3O5S. The first-order valence-electron chi connectivity index (χ1n) is 8.82. The topological polar surface area (TPSA) is 109 Å². The van der Waals surface area contributed by atoms with Crippen LogP contribution in [0.2, 0.25) is 5.02 Å². The van der Waals surface area contributed by atoms with Gasteiger partial charge in [-0.2, -0.15) is 4.31 Å². The Morgan fingerprint density at radius 1 is 1.14 bits per heavy atom. The molecule has 1 aromatic heterocycles. The van der Waals surface area contributed by atoms with Crippen molar-refractivity contribution in [1.82, 2.24) is 4.31 Å². The summed E-state index contributed by atoms with van der Waals surface area (Å²) in [5.74, 6) is -0.983. The number of nitrogens with zero attached hydrogens (tertiary/aromatic N) is 1. The number of anilines is 2. The maximum absolute atomic E-state index is 12.5. The summed E-state index contributed by atoms with van der Waals surface area (Å²) in [7, 11) is -3.74. The number of carbonyl (C=O) groups excluding carboxylic acids is 2. The van der Waals surface area contributed by atoms with Gasteiger partial charge in [0.25, 0.3) is 15.9 Å². The van der Waals surface area contributed by atoms with E-state index >= 15 is 0 Å². The van der Waals surface area contributed by atoms with E-state index in [1.807, 2.05) is 0 Å². The standard InChI is InChI=1S/C18H20ClN3O5S/c1-2-16(23)20-12-5-6-13(19)14(11-12)21-18(24)15-7-8-17(27-15)28(25,26)22-9-3-4-10-22/h5-8,11H,2-4,9-10H2,1H3,(H,20,23)(H,21,24). The highest BCUT2D eigenvalue weighted by atomic mass is 35.5. The highest BCUT2D eigenvalue weighted by molar-refractivity contribution is 7.89. The van der Waals surface area contributed by atoms with Crippen molar-refractivity contribution in [2.75, 3.05) is 23.7 Å². The summed E-state index contributed by atoms with van der Waals surface area (Å²) in [5.41, 5.74) is 0.740. The molecule has 2 aromatic rings. The zero-order valence-corrected chi connectivity index (χ0v) is 16.8. The summed E-state index contributed by atoms with van der Waals surface area (Å²) in [6.07, 6.45) is 1.92. The lowest BCUT2D eigenvalue weighted by Crippen LogP contribution is -2.27. The molecule has 150 valence electrons. The quantitative estimate of drug-likeness (QED) is 0.737. The third-order valence-corrected chi connectivity index (χ3v) is 6.39. The van der Waals surface area contributed by atoms with Crippen molar-refractivity contribution in [3.63, 3.8) is 0 Å². The fourth-order valence-electron chi connectivity index (χ4n) is 2.77. The fraction of sp³-hybridized carbons (Fsp3) is 0.333. The van der Waals surface area contributed by atoms with Crippen LogP contribution in [-0.2, 0) is 14.8 Å². The van der Waals surface area contributed by atoms with Gasteiger partial charge in [0, 0.05) is 25.2 Å². The van der Waals surface area contributed by atoms with Crippen molar-refractivity contribution in [3.05, 3.63) is 41.1 Å². The van der Waals surface area contributed by atoms with Gasteiger partial charge in [0.15, 0.2) is 5.76 Å². The zero-order valence-electron chi connectivity index (χ0n) is 15.2. The third-order valence-electron chi connectivity index (χ3n) is 4.28. The molecule has 8 nitrogen and oxygen atoms in total. The first-order chi connectivity index (χ1) is 13.3. The van der Waals surface area contributed by atoms with Crippen LogP contribution in [0.4, 0.5) is 11.4 Å². The Kier molecular flexibility index (Phi) is 6.07. The highest BCUT2D eigenvalue weighted by Gasteiger charge is 2.30. The number of furan rings is 1. The molecule has 0 atom stereocenters. The van der Waals surface area contributed by atoms with Gasteiger partial charge in [0.1, 0.15) is 0 Å². The van der Waals surface area contributed by atoms with Gasteiger partial charge in [0.2, 0.25) is 11.0 Å². The maximum atomic E-state index is 12.5. The molecule has 0 spiro atoms. The molecule has 0 bridgehead atoms. The van der Waals surface area contributed by atoms with Crippen molar-refractivity contribution < 1.29 is 22.4 Å². The average molecular weight is 426 g/mol. The lowest BCUT2D eigenvalue weighted by molar-refractivity contribution is -0.115. The Morgan fingerprint density at radius 3 is 2.54 bits per heavy atom. The zero-order chi connectivity index (χ0) is 20.3. The van der Waals surface area contributed by atoms with Crippen LogP contribution < -0.4 is 10.6 Å². The molecule has 2 N–H and O–H groups in total. The van der Waals surface area contributed by atoms with E-state index in [4.69, 9.17) is 16.0 Å². The van der Waals surface area contributed by atoms with Gasteiger partial charge >= 0.3 is 0 Å². The second kappa shape index (κ2) is 8.34. The molecule has 1 aromatic carbocycles. The van der Waals surface area contributed by atoms with Gasteiger partial charge in [-0.05, 0) is 43.2 Å². The predicted molar refractivity (Wildman–Crippen MR) is 105 cm³/mol. The van der Waals surface area contributed by atoms with Gasteiger partial charge in [0.05, 0.1) is 10.7 Å². The minimum Gasteiger partial charge on any atom is -0.438 e. The van der Waals surface area contributed by atoms with E-state index in [1.54, 1.807) is 13.0 Å². The van der Waals surface area contributed by atoms with E-state index in [-0.39, 0.29) is 27.5 Å². The summed E-state index contributed by atoms with van der Waals surface area (Å²) in [4.78, 5) is 24.0. The summed E-state index contributed by atoms with van der Waals surface area (Å²) in [6, 6.07) is 7.22. The smallest absolute Gasteiger partial charge is 0.291 e. The average Bonchev–Trinajstić information content (AvgIpc) is 3.36. The minimum absolute atomic E-state index is 0.156. The number of hydrogen-bond donors (Lipinski definition) is 2. The van der Waals surface area contributed by atoms with Crippen LogP contribution in [0.25, 0.3) is 0 Å². The second-order valence-electron chi connectivity index (χ2n) is 6.28. The van der Waals surface area contributed by atoms with E-state index in [9.17, 15) is 18.0 Å². The summed E-state index contributed by atoms with van der Waals surface area (Å²) < 4.78 is 31.6. The minimum atomic E-state index is -3.74. The fourth-order valence-corrected chi connectivity index (χ4v) is 4.36. The molecule has 3 rings (SSSR count). The number of carbonyl (C=O) groups is 2. The number of rotatable bonds is 6. The van der Waals surface area contributed by atoms with Crippen molar-refractivity contribution >= 4 is 44.8 Å². The van der Waals surface area contributed by atoms with Crippen LogP contribution in [0.1, 0.15) is 36.7 Å². The van der Waals surface area contributed by atoms with Crippen LogP contribution in [0.5, 0.6) is 0 Å². The number of amides is 2. The SMILES string of the molecule is CCC(=O)Nc1ccc(Cl)c(NC(=O)c2ccc(S(=O)(=O)N3CCCC3)o2)c1. The Hall–Kier alpha value is -2.36. The molecule has 2 heterocycles. The van der Waals surface area contributed by atoms with Gasteiger partial charge in [-0.3, -0.25) is 9.59 Å². The Morgan fingerprint density at radius 2 is 1.86 bits per heavy atom. The van der Waals surface area contributed by atoms with E-state index in [2.05, 4.69) is 10.6 Å². The normalized spacial score (nSPS) is 14.8. The Labute approximate surface area is 167 Å². The molecule has 0 unspecified atom stereocenters. The number of nitrogens with one attached hydrogen (secondary N) is 2. The molecule has 10 heteroatoms. The predicted octanol–water partition coefficient (Wildman–Crippen LogP) is 3.32. The third kappa shape index (κ3) is 4.37. The molecule has 0 aliphatic carbocycles. The van der Waals surface area contributed by atoms with Gasteiger partial charge in [-0.1, -0.05) is 18.5 Å². The van der Waals surface area contributed by atoms with Crippen LogP contribution in [-0.4, -0.2) is 37.6 Å². The summed E-state index contributed by atoms with van der Waals surface area (Å²) in [5, 5.41) is 5.23. The monoisotopic (exact) mass is 425 g/mol. The second-order valence-corrected chi connectivity index (χ2v) is 8.56. The highest BCUT2D eigenvalue weighted by Crippen LogP contribution is 2.27. The van der Waals surface area contributed by atoms with Crippen molar-refractivity contribution in [3.8, 4) is 0 Å². The lowest BCUT2D eigenvalue weighted by Gasteiger charge is -2.12. The number of benzene rings is 1. The van der Waals surface area contributed by atoms with Crippen molar-refractivity contribution in [2.24, 2.45) is 0 Å². The molecule has 1 fully saturated rings. The van der Waals surface area contributed by atoms with E-state index in [0.717, 1.165) is 12.8 Å². The summed E-state index contributed by atoms with van der Waals surface area (Å²) >= 11 is 6.10. The van der Waals surface area contributed by atoms with Crippen LogP contribution in [0.3, 0.4) is 0 Å². The lowest BCUT2D eigenvalue weighted by atomic mass is 10.2. The molecule has 0 radical (unpaired) electrons. The van der Waals surface area contributed by atoms with Gasteiger partial charge < -0.3 is 15.1 Å². The van der Waals surface area contributed by atoms with Crippen molar-refractivity contribution in [2.45, 2.75) is 31.3 Å². The molecule has 0 saturated carbocycles. The molecule has 1 aliphatic heterocycles. The largest absolute Gasteiger partial charge is 0.438 e. The summed E-state index contributed by atoms with van der Waals surface area (Å²) in [6.45, 7) is 2.60. The molecule has 1 aliphatic rings. The van der Waals surface area contributed by atoms with Crippen LogP contribution in [0, 0.1) is 0 Å². The first kappa shape index (κ1) is 20.4. The number of hydrogen-bond acceptors (Lipinski definition) is 5. The molecule has 2 amide bonds. The number of halogens is 1. The molecule has 1 saturated heterocycles.